The summed E-state index contributed by atoms with van der Waals surface area (Å²) in [5.74, 6) is -0.124. The Balaban J connectivity index is 1.23. The molecule has 9 heteroatoms. The average molecular weight is 531 g/mol. The zero-order valence-electron chi connectivity index (χ0n) is 22.4. The van der Waals surface area contributed by atoms with Gasteiger partial charge in [-0.05, 0) is 61.4 Å². The van der Waals surface area contributed by atoms with E-state index in [2.05, 4.69) is 28.2 Å². The largest absolute Gasteiger partial charge is 0.500 e. The van der Waals surface area contributed by atoms with Crippen LogP contribution in [-0.4, -0.2) is 80.9 Å². The lowest BCUT2D eigenvalue weighted by Crippen LogP contribution is -2.42. The Bertz CT molecular complexity index is 1330. The van der Waals surface area contributed by atoms with Crippen molar-refractivity contribution in [2.45, 2.75) is 38.1 Å². The first kappa shape index (κ1) is 25.6. The third kappa shape index (κ3) is 5.03. The number of anilines is 1. The topological polar surface area (TPSA) is 101 Å². The van der Waals surface area contributed by atoms with Crippen LogP contribution in [0.1, 0.15) is 46.7 Å². The fraction of sp³-hybridized carbons (Fsp3) is 0.467. The summed E-state index contributed by atoms with van der Waals surface area (Å²) in [5.41, 5.74) is 4.95. The fourth-order valence-electron chi connectivity index (χ4n) is 6.07. The summed E-state index contributed by atoms with van der Waals surface area (Å²) in [7, 11) is 1.55. The number of benzene rings is 1. The van der Waals surface area contributed by atoms with Crippen molar-refractivity contribution in [2.24, 2.45) is 10.9 Å². The molecule has 5 aliphatic rings. The molecule has 3 amide bonds. The first-order valence-corrected chi connectivity index (χ1v) is 13.8. The maximum Gasteiger partial charge on any atom is 0.270 e. The zero-order valence-corrected chi connectivity index (χ0v) is 22.4. The number of hydrogen-bond donors (Lipinski definition) is 1. The fourth-order valence-corrected chi connectivity index (χ4v) is 6.07. The maximum absolute atomic E-state index is 13.7. The number of carbonyl (C=O) groups excluding carboxylic acids is 3. The number of hydrogen-bond acceptors (Lipinski definition) is 6. The van der Waals surface area contributed by atoms with Gasteiger partial charge < -0.3 is 24.6 Å². The highest BCUT2D eigenvalue weighted by Gasteiger charge is 2.38. The highest BCUT2D eigenvalue weighted by atomic mass is 16.5. The number of fused-ring (bicyclic) bond motifs is 1. The van der Waals surface area contributed by atoms with Crippen LogP contribution in [0.3, 0.4) is 0 Å². The van der Waals surface area contributed by atoms with E-state index < -0.39 is 11.8 Å². The summed E-state index contributed by atoms with van der Waals surface area (Å²) in [6.45, 7) is 5.69. The van der Waals surface area contributed by atoms with Crippen LogP contribution in [0.2, 0.25) is 0 Å². The molecule has 39 heavy (non-hydrogen) atoms. The number of rotatable bonds is 6. The molecule has 1 N–H and O–H groups in total. The van der Waals surface area contributed by atoms with Crippen LogP contribution < -0.4 is 10.2 Å². The normalized spacial score (nSPS) is 24.6. The van der Waals surface area contributed by atoms with Crippen molar-refractivity contribution in [1.82, 2.24) is 10.2 Å². The van der Waals surface area contributed by atoms with E-state index >= 15 is 0 Å². The number of methoxy groups -OCH3 is 1. The van der Waals surface area contributed by atoms with E-state index in [-0.39, 0.29) is 17.9 Å². The summed E-state index contributed by atoms with van der Waals surface area (Å²) < 4.78 is 11.0. The summed E-state index contributed by atoms with van der Waals surface area (Å²) >= 11 is 0. The lowest BCUT2D eigenvalue weighted by Gasteiger charge is -2.31. The number of dihydropyridines is 1. The lowest BCUT2D eigenvalue weighted by molar-refractivity contribution is -0.119. The van der Waals surface area contributed by atoms with Gasteiger partial charge in [-0.15, -0.1) is 0 Å². The first-order chi connectivity index (χ1) is 18.9. The van der Waals surface area contributed by atoms with E-state index in [0.29, 0.717) is 55.8 Å². The van der Waals surface area contributed by atoms with E-state index in [1.807, 2.05) is 11.0 Å². The van der Waals surface area contributed by atoms with Crippen molar-refractivity contribution in [3.8, 4) is 0 Å². The lowest BCUT2D eigenvalue weighted by atomic mass is 9.85. The van der Waals surface area contributed by atoms with Crippen molar-refractivity contribution < 1.29 is 23.9 Å². The molecule has 1 unspecified atom stereocenters. The Morgan fingerprint density at radius 1 is 1.13 bits per heavy atom. The highest BCUT2D eigenvalue weighted by molar-refractivity contribution is 6.18. The second-order valence-electron chi connectivity index (χ2n) is 10.9. The molecular formula is C30H34N4O5. The minimum atomic E-state index is -0.494. The predicted molar refractivity (Wildman–Crippen MR) is 147 cm³/mol. The maximum atomic E-state index is 13.7. The van der Waals surface area contributed by atoms with Gasteiger partial charge in [0.2, 0.25) is 5.91 Å². The Labute approximate surface area is 228 Å². The minimum Gasteiger partial charge on any atom is -0.500 e. The number of ether oxygens (including phenoxy) is 2. The molecule has 1 saturated carbocycles. The van der Waals surface area contributed by atoms with Crippen molar-refractivity contribution in [3.63, 3.8) is 0 Å². The summed E-state index contributed by atoms with van der Waals surface area (Å²) in [6, 6.07) is 4.12. The number of carbonyl (C=O) groups is 3. The second-order valence-corrected chi connectivity index (χ2v) is 10.9. The van der Waals surface area contributed by atoms with Crippen LogP contribution in [0.4, 0.5) is 5.69 Å². The number of aliphatic imine (C=N–C) groups is 1. The van der Waals surface area contributed by atoms with E-state index in [9.17, 15) is 14.4 Å². The molecule has 6 rings (SSSR count). The summed E-state index contributed by atoms with van der Waals surface area (Å²) in [4.78, 5) is 47.7. The average Bonchev–Trinajstić information content (AvgIpc) is 3.70. The minimum absolute atomic E-state index is 0.0494. The van der Waals surface area contributed by atoms with Crippen LogP contribution in [-0.2, 0) is 19.1 Å². The Morgan fingerprint density at radius 3 is 2.67 bits per heavy atom. The summed E-state index contributed by atoms with van der Waals surface area (Å²) in [5, 5.41) is 3.16. The standard InChI is InChI=1S/C30H34N4O5/c1-18-14-21(19-6-7-19)28(23(15-18)30(37)33-10-12-39-13-11-33)34-9-8-20(17-34)31-29(36)22-16-26(35)32-24-4-3-5-25(38-2)27(22)24/h3-5,14-16,19-20,27H,6-13,17H2,1-2H3,(H,31,36)/t20-,27?/m1/s1. The Hall–Kier alpha value is -3.72. The van der Waals surface area contributed by atoms with Gasteiger partial charge in [-0.25, -0.2) is 4.99 Å². The molecule has 2 aliphatic carbocycles. The molecule has 204 valence electrons. The van der Waals surface area contributed by atoms with Crippen LogP contribution >= 0.6 is 0 Å². The molecular weight excluding hydrogens is 496 g/mol. The van der Waals surface area contributed by atoms with Crippen molar-refractivity contribution >= 4 is 29.1 Å². The van der Waals surface area contributed by atoms with Crippen LogP contribution in [0, 0.1) is 12.8 Å². The molecule has 0 spiro atoms. The van der Waals surface area contributed by atoms with Crippen molar-refractivity contribution in [3.05, 3.63) is 64.5 Å². The number of amides is 3. The zero-order chi connectivity index (χ0) is 27.1. The molecule has 3 aliphatic heterocycles. The smallest absolute Gasteiger partial charge is 0.270 e. The number of nitrogens with one attached hydrogen (secondary N) is 1. The van der Waals surface area contributed by atoms with Gasteiger partial charge in [0.1, 0.15) is 5.76 Å². The monoisotopic (exact) mass is 530 g/mol. The molecule has 1 aromatic carbocycles. The Kier molecular flexibility index (Phi) is 6.85. The van der Waals surface area contributed by atoms with Gasteiger partial charge in [-0.1, -0.05) is 12.1 Å². The van der Waals surface area contributed by atoms with Crippen molar-refractivity contribution in [1.29, 1.82) is 0 Å². The van der Waals surface area contributed by atoms with Gasteiger partial charge in [0.05, 0.1) is 43.2 Å². The molecule has 3 heterocycles. The van der Waals surface area contributed by atoms with E-state index in [4.69, 9.17) is 9.47 Å². The first-order valence-electron chi connectivity index (χ1n) is 13.8. The van der Waals surface area contributed by atoms with Gasteiger partial charge in [0.25, 0.3) is 11.8 Å². The molecule has 2 saturated heterocycles. The van der Waals surface area contributed by atoms with Gasteiger partial charge >= 0.3 is 0 Å². The molecule has 1 aromatic rings. The van der Waals surface area contributed by atoms with E-state index in [1.165, 1.54) is 11.6 Å². The number of allylic oxidation sites excluding steroid dienone is 4. The quantitative estimate of drug-likeness (QED) is 0.607. The highest BCUT2D eigenvalue weighted by Crippen LogP contribution is 2.47. The molecule has 9 nitrogen and oxygen atoms in total. The second kappa shape index (κ2) is 10.4. The van der Waals surface area contributed by atoms with Gasteiger partial charge in [0, 0.05) is 43.9 Å². The van der Waals surface area contributed by atoms with E-state index in [1.54, 1.807) is 25.3 Å². The third-order valence-electron chi connectivity index (χ3n) is 8.10. The molecule has 0 radical (unpaired) electrons. The van der Waals surface area contributed by atoms with Gasteiger partial charge in [-0.3, -0.25) is 14.4 Å². The SMILES string of the molecule is COC1=CC=CC2=NC(=O)C=C(C(=O)N[C@@H]3CCN(c4c(C(=O)N5CCOCC5)cc(C)cc4C4CC4)C3)C12. The van der Waals surface area contributed by atoms with Crippen LogP contribution in [0.25, 0.3) is 0 Å². The third-order valence-corrected chi connectivity index (χ3v) is 8.10. The number of nitrogens with zero attached hydrogens (tertiary/aromatic N) is 3. The van der Waals surface area contributed by atoms with Crippen LogP contribution in [0.15, 0.2) is 52.8 Å². The molecule has 0 aromatic heterocycles. The van der Waals surface area contributed by atoms with E-state index in [0.717, 1.165) is 42.6 Å². The molecule has 2 atom stereocenters. The van der Waals surface area contributed by atoms with Gasteiger partial charge in [0.15, 0.2) is 0 Å². The number of morpholine rings is 1. The molecule has 3 fully saturated rings. The van der Waals surface area contributed by atoms with Crippen molar-refractivity contribution in [2.75, 3.05) is 51.4 Å². The number of aryl methyl sites for hydroxylation is 1. The molecule has 0 bridgehead atoms. The summed E-state index contributed by atoms with van der Waals surface area (Å²) in [6.07, 6.45) is 9.63. The Morgan fingerprint density at radius 2 is 1.92 bits per heavy atom. The van der Waals surface area contributed by atoms with Crippen LogP contribution in [0.5, 0.6) is 0 Å². The van der Waals surface area contributed by atoms with Gasteiger partial charge in [-0.2, -0.15) is 0 Å². The predicted octanol–water partition coefficient (Wildman–Crippen LogP) is 2.66.